The summed E-state index contributed by atoms with van der Waals surface area (Å²) in [6.45, 7) is 1.86. The summed E-state index contributed by atoms with van der Waals surface area (Å²) in [5.41, 5.74) is 8.91. The van der Waals surface area contributed by atoms with Crippen molar-refractivity contribution in [2.75, 3.05) is 11.9 Å². The number of likely N-dealkylation sites (tertiary alicyclic amines) is 1. The van der Waals surface area contributed by atoms with Gasteiger partial charge in [0.2, 0.25) is 5.91 Å². The first kappa shape index (κ1) is 17.2. The fourth-order valence-corrected chi connectivity index (χ4v) is 2.99. The van der Waals surface area contributed by atoms with Crippen LogP contribution in [0.1, 0.15) is 40.7 Å². The highest BCUT2D eigenvalue weighted by molar-refractivity contribution is 6.04. The van der Waals surface area contributed by atoms with Gasteiger partial charge in [-0.1, -0.05) is 24.3 Å². The van der Waals surface area contributed by atoms with Crippen molar-refractivity contribution >= 4 is 17.5 Å². The quantitative estimate of drug-likeness (QED) is 0.881. The van der Waals surface area contributed by atoms with Crippen molar-refractivity contribution < 1.29 is 9.59 Å². The Labute approximate surface area is 147 Å². The second-order valence-electron chi connectivity index (χ2n) is 6.33. The Hall–Kier alpha value is -2.66. The van der Waals surface area contributed by atoms with Gasteiger partial charge >= 0.3 is 0 Å². The highest BCUT2D eigenvalue weighted by Crippen LogP contribution is 2.18. The first-order valence-corrected chi connectivity index (χ1v) is 8.63. The van der Waals surface area contributed by atoms with E-state index in [1.165, 1.54) is 0 Å². The molecule has 1 aliphatic heterocycles. The highest BCUT2D eigenvalue weighted by Gasteiger charge is 2.18. The number of carbonyl (C=O) groups excluding carboxylic acids is 2. The summed E-state index contributed by atoms with van der Waals surface area (Å²) in [5, 5.41) is 2.91. The van der Waals surface area contributed by atoms with E-state index in [0.717, 1.165) is 36.2 Å². The van der Waals surface area contributed by atoms with Crippen molar-refractivity contribution in [3.05, 3.63) is 65.2 Å². The normalized spacial score (nSPS) is 14.4. The maximum atomic E-state index is 12.4. The molecule has 130 valence electrons. The van der Waals surface area contributed by atoms with Gasteiger partial charge in [-0.15, -0.1) is 0 Å². The van der Waals surface area contributed by atoms with Crippen molar-refractivity contribution in [3.8, 4) is 0 Å². The van der Waals surface area contributed by atoms with Gasteiger partial charge in [0.15, 0.2) is 0 Å². The van der Waals surface area contributed by atoms with E-state index in [9.17, 15) is 9.59 Å². The van der Waals surface area contributed by atoms with Gasteiger partial charge in [0.25, 0.3) is 5.91 Å². The Kier molecular flexibility index (Phi) is 5.46. The fourth-order valence-electron chi connectivity index (χ4n) is 2.99. The van der Waals surface area contributed by atoms with Gasteiger partial charge in [-0.2, -0.15) is 0 Å². The molecule has 0 radical (unpaired) electrons. The molecule has 2 aromatic rings. The number of anilines is 1. The first-order chi connectivity index (χ1) is 12.2. The van der Waals surface area contributed by atoms with E-state index in [4.69, 9.17) is 5.73 Å². The van der Waals surface area contributed by atoms with Crippen LogP contribution in [0.2, 0.25) is 0 Å². The average Bonchev–Trinajstić information content (AvgIpc) is 2.64. The van der Waals surface area contributed by atoms with Gasteiger partial charge in [0.1, 0.15) is 0 Å². The molecule has 25 heavy (non-hydrogen) atoms. The minimum atomic E-state index is -0.158. The lowest BCUT2D eigenvalue weighted by atomic mass is 10.1. The monoisotopic (exact) mass is 337 g/mol. The van der Waals surface area contributed by atoms with Gasteiger partial charge in [0, 0.05) is 37.3 Å². The molecule has 1 aliphatic rings. The Balaban J connectivity index is 1.66. The molecule has 0 aliphatic carbocycles. The maximum Gasteiger partial charge on any atom is 0.255 e. The molecule has 0 saturated carbocycles. The topological polar surface area (TPSA) is 75.4 Å². The molecule has 3 N–H and O–H groups in total. The van der Waals surface area contributed by atoms with E-state index in [-0.39, 0.29) is 11.8 Å². The number of rotatable bonds is 5. The number of piperidine rings is 1. The van der Waals surface area contributed by atoms with Crippen LogP contribution in [0.5, 0.6) is 0 Å². The summed E-state index contributed by atoms with van der Waals surface area (Å²) in [6.07, 6.45) is 2.67. The summed E-state index contributed by atoms with van der Waals surface area (Å²) >= 11 is 0. The summed E-state index contributed by atoms with van der Waals surface area (Å²) < 4.78 is 0. The van der Waals surface area contributed by atoms with Crippen LogP contribution in [0, 0.1) is 0 Å². The standard InChI is InChI=1S/C20H23N3O2/c21-13-15-7-9-17(10-8-15)20(25)22-18-5-3-4-16(12-18)14-23-11-2-1-6-19(23)24/h3-5,7-10,12H,1-2,6,11,13-14,21H2,(H,22,25). The largest absolute Gasteiger partial charge is 0.338 e. The number of nitrogens with two attached hydrogens (primary N) is 1. The Morgan fingerprint density at radius 3 is 2.60 bits per heavy atom. The van der Waals surface area contributed by atoms with Crippen molar-refractivity contribution in [2.45, 2.75) is 32.4 Å². The van der Waals surface area contributed by atoms with Crippen molar-refractivity contribution in [3.63, 3.8) is 0 Å². The van der Waals surface area contributed by atoms with Crippen LogP contribution in [0.25, 0.3) is 0 Å². The van der Waals surface area contributed by atoms with E-state index in [1.54, 1.807) is 12.1 Å². The molecule has 2 aromatic carbocycles. The molecule has 2 amide bonds. The highest BCUT2D eigenvalue weighted by atomic mass is 16.2. The smallest absolute Gasteiger partial charge is 0.255 e. The molecular formula is C20H23N3O2. The number of carbonyl (C=O) groups is 2. The third-order valence-electron chi connectivity index (χ3n) is 4.43. The van der Waals surface area contributed by atoms with Gasteiger partial charge in [-0.3, -0.25) is 9.59 Å². The maximum absolute atomic E-state index is 12.4. The van der Waals surface area contributed by atoms with Crippen LogP contribution < -0.4 is 11.1 Å². The molecule has 5 nitrogen and oxygen atoms in total. The zero-order valence-corrected chi connectivity index (χ0v) is 14.2. The average molecular weight is 337 g/mol. The van der Waals surface area contributed by atoms with Crippen molar-refractivity contribution in [1.82, 2.24) is 4.90 Å². The number of hydrogen-bond acceptors (Lipinski definition) is 3. The molecule has 0 atom stereocenters. The lowest BCUT2D eigenvalue weighted by Gasteiger charge is -2.26. The lowest BCUT2D eigenvalue weighted by molar-refractivity contribution is -0.133. The molecular weight excluding hydrogens is 314 g/mol. The zero-order valence-electron chi connectivity index (χ0n) is 14.2. The van der Waals surface area contributed by atoms with Gasteiger partial charge in [-0.25, -0.2) is 0 Å². The minimum absolute atomic E-state index is 0.158. The summed E-state index contributed by atoms with van der Waals surface area (Å²) in [4.78, 5) is 26.2. The Morgan fingerprint density at radius 2 is 1.88 bits per heavy atom. The summed E-state index contributed by atoms with van der Waals surface area (Å²) in [5.74, 6) is 0.0513. The number of nitrogens with zero attached hydrogens (tertiary/aromatic N) is 1. The predicted octanol–water partition coefficient (Wildman–Crippen LogP) is 2.91. The van der Waals surface area contributed by atoms with E-state index in [1.807, 2.05) is 41.3 Å². The molecule has 1 heterocycles. The minimum Gasteiger partial charge on any atom is -0.338 e. The molecule has 3 rings (SSSR count). The number of benzene rings is 2. The van der Waals surface area contributed by atoms with E-state index < -0.39 is 0 Å². The van der Waals surface area contributed by atoms with Crippen LogP contribution in [-0.4, -0.2) is 23.3 Å². The van der Waals surface area contributed by atoms with Crippen molar-refractivity contribution in [2.24, 2.45) is 5.73 Å². The second-order valence-corrected chi connectivity index (χ2v) is 6.33. The van der Waals surface area contributed by atoms with E-state index >= 15 is 0 Å². The first-order valence-electron chi connectivity index (χ1n) is 8.63. The Bertz CT molecular complexity index is 756. The van der Waals surface area contributed by atoms with Crippen LogP contribution in [0.4, 0.5) is 5.69 Å². The molecule has 1 saturated heterocycles. The van der Waals surface area contributed by atoms with E-state index in [0.29, 0.717) is 25.1 Å². The lowest BCUT2D eigenvalue weighted by Crippen LogP contribution is -2.34. The SMILES string of the molecule is NCc1ccc(C(=O)Nc2cccc(CN3CCCCC3=O)c2)cc1. The van der Waals surface area contributed by atoms with Crippen molar-refractivity contribution in [1.29, 1.82) is 0 Å². The zero-order chi connectivity index (χ0) is 17.6. The molecule has 0 unspecified atom stereocenters. The third-order valence-corrected chi connectivity index (χ3v) is 4.43. The fraction of sp³-hybridized carbons (Fsp3) is 0.300. The van der Waals surface area contributed by atoms with Gasteiger partial charge in [0.05, 0.1) is 0 Å². The number of amides is 2. The van der Waals surface area contributed by atoms with E-state index in [2.05, 4.69) is 5.32 Å². The molecule has 0 bridgehead atoms. The predicted molar refractivity (Wildman–Crippen MR) is 98.0 cm³/mol. The summed E-state index contributed by atoms with van der Waals surface area (Å²) in [6, 6.07) is 14.9. The summed E-state index contributed by atoms with van der Waals surface area (Å²) in [7, 11) is 0. The van der Waals surface area contributed by atoms with Crippen LogP contribution >= 0.6 is 0 Å². The Morgan fingerprint density at radius 1 is 1.08 bits per heavy atom. The van der Waals surface area contributed by atoms with Crippen LogP contribution in [0.3, 0.4) is 0 Å². The molecule has 5 heteroatoms. The molecule has 0 spiro atoms. The molecule has 0 aromatic heterocycles. The van der Waals surface area contributed by atoms with Gasteiger partial charge in [-0.05, 0) is 48.2 Å². The van der Waals surface area contributed by atoms with Crippen LogP contribution in [-0.2, 0) is 17.9 Å². The third kappa shape index (κ3) is 4.45. The second kappa shape index (κ2) is 7.94. The van der Waals surface area contributed by atoms with Crippen LogP contribution in [0.15, 0.2) is 48.5 Å². The number of hydrogen-bond donors (Lipinski definition) is 2. The number of nitrogens with one attached hydrogen (secondary N) is 1. The van der Waals surface area contributed by atoms with Gasteiger partial charge < -0.3 is 16.0 Å². The molecule has 1 fully saturated rings.